The van der Waals surface area contributed by atoms with E-state index in [1.807, 2.05) is 12.1 Å². The van der Waals surface area contributed by atoms with Crippen molar-refractivity contribution in [2.45, 2.75) is 32.7 Å². The lowest BCUT2D eigenvalue weighted by molar-refractivity contribution is -0.385. The fraction of sp³-hybridized carbons (Fsp3) is 0.625. The fourth-order valence-corrected chi connectivity index (χ4v) is 2.93. The molecule has 0 amide bonds. The largest absolute Gasteiger partial charge is 0.316 e. The highest BCUT2D eigenvalue weighted by Gasteiger charge is 2.23. The predicted molar refractivity (Wildman–Crippen MR) is 84.5 cm³/mol. The molecule has 0 bridgehead atoms. The van der Waals surface area contributed by atoms with E-state index in [-0.39, 0.29) is 10.6 Å². The molecule has 0 aromatic heterocycles. The average Bonchev–Trinajstić information content (AvgIpc) is 2.93. The van der Waals surface area contributed by atoms with Crippen LogP contribution in [0.3, 0.4) is 0 Å². The zero-order valence-corrected chi connectivity index (χ0v) is 12.9. The molecule has 1 atom stereocenters. The van der Waals surface area contributed by atoms with Crippen LogP contribution in [0, 0.1) is 16.0 Å². The van der Waals surface area contributed by atoms with E-state index in [9.17, 15) is 10.1 Å². The number of nitro benzene ring substituents is 1. The van der Waals surface area contributed by atoms with E-state index in [0.29, 0.717) is 18.4 Å². The minimum Gasteiger partial charge on any atom is -0.316 e. The molecule has 0 radical (unpaired) electrons. The summed E-state index contributed by atoms with van der Waals surface area (Å²) < 4.78 is 0. The molecule has 1 aromatic carbocycles. The molecule has 1 fully saturated rings. The van der Waals surface area contributed by atoms with Gasteiger partial charge in [0.2, 0.25) is 0 Å². The lowest BCUT2D eigenvalue weighted by Gasteiger charge is -2.20. The molecule has 1 aromatic rings. The van der Waals surface area contributed by atoms with Crippen LogP contribution in [0.2, 0.25) is 0 Å². The van der Waals surface area contributed by atoms with Crippen molar-refractivity contribution in [2.24, 2.45) is 5.92 Å². The molecule has 0 saturated carbocycles. The number of nitrogens with one attached hydrogen (secondary N) is 1. The molecule has 0 spiro atoms. The SMILES string of the molecule is CC(C)N1CCC(CNCCc2ccccc2[N+](=O)[O-])C1. The van der Waals surface area contributed by atoms with Crippen molar-refractivity contribution in [3.63, 3.8) is 0 Å². The zero-order chi connectivity index (χ0) is 15.2. The molecule has 1 saturated heterocycles. The van der Waals surface area contributed by atoms with Gasteiger partial charge in [-0.05, 0) is 52.2 Å². The van der Waals surface area contributed by atoms with Crippen LogP contribution in [0.25, 0.3) is 0 Å². The number of nitro groups is 1. The van der Waals surface area contributed by atoms with Crippen LogP contribution < -0.4 is 5.32 Å². The number of likely N-dealkylation sites (tertiary alicyclic amines) is 1. The minimum absolute atomic E-state index is 0.228. The van der Waals surface area contributed by atoms with Gasteiger partial charge in [-0.25, -0.2) is 0 Å². The van der Waals surface area contributed by atoms with Gasteiger partial charge in [0, 0.05) is 24.2 Å². The van der Waals surface area contributed by atoms with Gasteiger partial charge in [-0.3, -0.25) is 10.1 Å². The molecular weight excluding hydrogens is 266 g/mol. The summed E-state index contributed by atoms with van der Waals surface area (Å²) in [6, 6.07) is 7.62. The number of rotatable bonds is 7. The third-order valence-corrected chi connectivity index (χ3v) is 4.24. The van der Waals surface area contributed by atoms with Gasteiger partial charge in [0.25, 0.3) is 5.69 Å². The highest BCUT2D eigenvalue weighted by molar-refractivity contribution is 5.39. The van der Waals surface area contributed by atoms with Gasteiger partial charge >= 0.3 is 0 Å². The van der Waals surface area contributed by atoms with Crippen molar-refractivity contribution < 1.29 is 4.92 Å². The van der Waals surface area contributed by atoms with Crippen LogP contribution >= 0.6 is 0 Å². The van der Waals surface area contributed by atoms with Gasteiger partial charge in [0.15, 0.2) is 0 Å². The second kappa shape index (κ2) is 7.52. The van der Waals surface area contributed by atoms with Crippen LogP contribution in [0.4, 0.5) is 5.69 Å². The monoisotopic (exact) mass is 291 g/mol. The first kappa shape index (κ1) is 15.9. The van der Waals surface area contributed by atoms with Gasteiger partial charge < -0.3 is 10.2 Å². The van der Waals surface area contributed by atoms with Gasteiger partial charge in [0.1, 0.15) is 0 Å². The molecule has 5 nitrogen and oxygen atoms in total. The zero-order valence-electron chi connectivity index (χ0n) is 12.9. The van der Waals surface area contributed by atoms with Gasteiger partial charge in [-0.2, -0.15) is 0 Å². The Morgan fingerprint density at radius 3 is 2.86 bits per heavy atom. The van der Waals surface area contributed by atoms with E-state index in [2.05, 4.69) is 24.1 Å². The van der Waals surface area contributed by atoms with Crippen molar-refractivity contribution in [3.8, 4) is 0 Å². The predicted octanol–water partition coefficient (Wildman–Crippen LogP) is 2.46. The van der Waals surface area contributed by atoms with E-state index in [1.165, 1.54) is 13.0 Å². The molecule has 1 aliphatic heterocycles. The lowest BCUT2D eigenvalue weighted by Crippen LogP contribution is -2.31. The van der Waals surface area contributed by atoms with Crippen LogP contribution in [0.1, 0.15) is 25.8 Å². The average molecular weight is 291 g/mol. The normalized spacial score (nSPS) is 19.3. The Hall–Kier alpha value is -1.46. The topological polar surface area (TPSA) is 58.4 Å². The van der Waals surface area contributed by atoms with E-state index >= 15 is 0 Å². The van der Waals surface area contributed by atoms with Crippen LogP contribution in [-0.2, 0) is 6.42 Å². The second-order valence-electron chi connectivity index (χ2n) is 6.08. The van der Waals surface area contributed by atoms with E-state index in [4.69, 9.17) is 0 Å². The van der Waals surface area contributed by atoms with Crippen molar-refractivity contribution in [2.75, 3.05) is 26.2 Å². The summed E-state index contributed by atoms with van der Waals surface area (Å²) in [5.41, 5.74) is 1.04. The van der Waals surface area contributed by atoms with E-state index < -0.39 is 0 Å². The Bertz CT molecular complexity index is 476. The fourth-order valence-electron chi connectivity index (χ4n) is 2.93. The third kappa shape index (κ3) is 4.51. The quantitative estimate of drug-likeness (QED) is 0.476. The maximum Gasteiger partial charge on any atom is 0.272 e. The number of hydrogen-bond donors (Lipinski definition) is 1. The number of para-hydroxylation sites is 1. The Balaban J connectivity index is 1.72. The first-order chi connectivity index (χ1) is 10.1. The van der Waals surface area contributed by atoms with Crippen LogP contribution in [0.5, 0.6) is 0 Å². The molecule has 5 heteroatoms. The van der Waals surface area contributed by atoms with E-state index in [0.717, 1.165) is 25.2 Å². The molecule has 1 N–H and O–H groups in total. The minimum atomic E-state index is -0.299. The van der Waals surface area contributed by atoms with Crippen LogP contribution in [-0.4, -0.2) is 42.0 Å². The summed E-state index contributed by atoms with van der Waals surface area (Å²) in [5.74, 6) is 0.707. The summed E-state index contributed by atoms with van der Waals surface area (Å²) in [4.78, 5) is 13.2. The standard InChI is InChI=1S/C16H25N3O2/c1-13(2)18-10-8-14(12-18)11-17-9-7-15-5-3-4-6-16(15)19(20)21/h3-6,13-14,17H,7-12H2,1-2H3. The van der Waals surface area contributed by atoms with Gasteiger partial charge in [0.05, 0.1) is 4.92 Å². The second-order valence-corrected chi connectivity index (χ2v) is 6.08. The molecule has 1 heterocycles. The summed E-state index contributed by atoms with van der Waals surface area (Å²) >= 11 is 0. The summed E-state index contributed by atoms with van der Waals surface area (Å²) in [5, 5.41) is 14.4. The Morgan fingerprint density at radius 1 is 1.43 bits per heavy atom. The smallest absolute Gasteiger partial charge is 0.272 e. The van der Waals surface area contributed by atoms with Crippen LogP contribution in [0.15, 0.2) is 24.3 Å². The van der Waals surface area contributed by atoms with E-state index in [1.54, 1.807) is 12.1 Å². The van der Waals surface area contributed by atoms with Crippen molar-refractivity contribution in [1.29, 1.82) is 0 Å². The third-order valence-electron chi connectivity index (χ3n) is 4.24. The summed E-state index contributed by atoms with van der Waals surface area (Å²) in [6.07, 6.45) is 1.95. The first-order valence-corrected chi connectivity index (χ1v) is 7.75. The van der Waals surface area contributed by atoms with Crippen molar-refractivity contribution in [1.82, 2.24) is 10.2 Å². The lowest BCUT2D eigenvalue weighted by atomic mass is 10.1. The number of benzene rings is 1. The Labute approximate surface area is 126 Å². The maximum atomic E-state index is 10.9. The van der Waals surface area contributed by atoms with Crippen molar-refractivity contribution in [3.05, 3.63) is 39.9 Å². The number of hydrogen-bond acceptors (Lipinski definition) is 4. The molecule has 0 aliphatic carbocycles. The van der Waals surface area contributed by atoms with Gasteiger partial charge in [-0.1, -0.05) is 18.2 Å². The highest BCUT2D eigenvalue weighted by Crippen LogP contribution is 2.19. The highest BCUT2D eigenvalue weighted by atomic mass is 16.6. The molecule has 2 rings (SSSR count). The Morgan fingerprint density at radius 2 is 2.19 bits per heavy atom. The molecule has 116 valence electrons. The molecule has 1 unspecified atom stereocenters. The van der Waals surface area contributed by atoms with Gasteiger partial charge in [-0.15, -0.1) is 0 Å². The summed E-state index contributed by atoms with van der Waals surface area (Å²) in [6.45, 7) is 8.63. The molecule has 1 aliphatic rings. The summed E-state index contributed by atoms with van der Waals surface area (Å²) in [7, 11) is 0. The number of nitrogens with zero attached hydrogens (tertiary/aromatic N) is 2. The van der Waals surface area contributed by atoms with Crippen molar-refractivity contribution >= 4 is 5.69 Å². The maximum absolute atomic E-state index is 10.9. The first-order valence-electron chi connectivity index (χ1n) is 7.75. The molecule has 21 heavy (non-hydrogen) atoms. The Kier molecular flexibility index (Phi) is 5.70. The molecular formula is C16H25N3O2.